The molecule has 0 unspecified atom stereocenters. The molecule has 0 bridgehead atoms. The van der Waals surface area contributed by atoms with Crippen molar-refractivity contribution in [3.63, 3.8) is 0 Å². The SMILES string of the molecule is CCn1nccc1C(=O)N1CCc2c(c(-c3ncc[nH]3)nn2C(C)C)C1. The molecule has 26 heavy (non-hydrogen) atoms. The Morgan fingerprint density at radius 1 is 1.35 bits per heavy atom. The number of H-pyrrole nitrogens is 1. The Hall–Kier alpha value is -2.90. The molecule has 0 atom stereocenters. The van der Waals surface area contributed by atoms with Gasteiger partial charge in [0.1, 0.15) is 11.4 Å². The first-order chi connectivity index (χ1) is 12.6. The van der Waals surface area contributed by atoms with Gasteiger partial charge in [0.05, 0.1) is 6.54 Å². The average Bonchev–Trinajstić information content (AvgIpc) is 3.37. The van der Waals surface area contributed by atoms with E-state index in [-0.39, 0.29) is 11.9 Å². The van der Waals surface area contributed by atoms with E-state index in [1.54, 1.807) is 29.3 Å². The summed E-state index contributed by atoms with van der Waals surface area (Å²) in [7, 11) is 0. The number of rotatable bonds is 4. The van der Waals surface area contributed by atoms with Crippen molar-refractivity contribution in [2.24, 2.45) is 0 Å². The number of nitrogens with one attached hydrogen (secondary N) is 1. The fourth-order valence-corrected chi connectivity index (χ4v) is 3.56. The molecule has 0 aromatic carbocycles. The molecule has 0 spiro atoms. The maximum atomic E-state index is 13.0. The van der Waals surface area contributed by atoms with E-state index in [2.05, 4.69) is 33.6 Å². The lowest BCUT2D eigenvalue weighted by atomic mass is 10.0. The number of hydrogen-bond acceptors (Lipinski definition) is 4. The van der Waals surface area contributed by atoms with Crippen LogP contribution in [-0.2, 0) is 19.5 Å². The van der Waals surface area contributed by atoms with Crippen LogP contribution >= 0.6 is 0 Å². The number of imidazole rings is 1. The van der Waals surface area contributed by atoms with Gasteiger partial charge in [-0.1, -0.05) is 0 Å². The minimum absolute atomic E-state index is 0.0118. The van der Waals surface area contributed by atoms with E-state index in [9.17, 15) is 4.79 Å². The van der Waals surface area contributed by atoms with Gasteiger partial charge in [-0.25, -0.2) is 4.98 Å². The number of aromatic amines is 1. The summed E-state index contributed by atoms with van der Waals surface area (Å²) in [5, 5.41) is 9.01. The lowest BCUT2D eigenvalue weighted by Gasteiger charge is -2.28. The van der Waals surface area contributed by atoms with Gasteiger partial charge < -0.3 is 9.88 Å². The van der Waals surface area contributed by atoms with E-state index in [4.69, 9.17) is 5.10 Å². The second-order valence-corrected chi connectivity index (χ2v) is 6.76. The van der Waals surface area contributed by atoms with Crippen LogP contribution in [0.4, 0.5) is 0 Å². The third-order valence-corrected chi connectivity index (χ3v) is 4.82. The number of carbonyl (C=O) groups excluding carboxylic acids is 1. The lowest BCUT2D eigenvalue weighted by Crippen LogP contribution is -2.37. The van der Waals surface area contributed by atoms with Crippen LogP contribution < -0.4 is 0 Å². The zero-order valence-corrected chi connectivity index (χ0v) is 15.3. The molecule has 1 aliphatic heterocycles. The molecule has 4 heterocycles. The highest BCUT2D eigenvalue weighted by Crippen LogP contribution is 2.30. The van der Waals surface area contributed by atoms with Crippen molar-refractivity contribution in [3.05, 3.63) is 41.6 Å². The van der Waals surface area contributed by atoms with E-state index < -0.39 is 0 Å². The topological polar surface area (TPSA) is 84.6 Å². The van der Waals surface area contributed by atoms with Gasteiger partial charge in [0.25, 0.3) is 5.91 Å². The Kier molecular flexibility index (Phi) is 4.10. The number of fused-ring (bicyclic) bond motifs is 1. The van der Waals surface area contributed by atoms with Crippen LogP contribution in [0.15, 0.2) is 24.7 Å². The summed E-state index contributed by atoms with van der Waals surface area (Å²) in [5.74, 6) is 0.756. The van der Waals surface area contributed by atoms with Gasteiger partial charge in [-0.05, 0) is 26.8 Å². The largest absolute Gasteiger partial charge is 0.343 e. The summed E-state index contributed by atoms with van der Waals surface area (Å²) >= 11 is 0. The molecule has 0 radical (unpaired) electrons. The number of nitrogens with zero attached hydrogens (tertiary/aromatic N) is 6. The summed E-state index contributed by atoms with van der Waals surface area (Å²) in [4.78, 5) is 22.4. The maximum absolute atomic E-state index is 13.0. The highest BCUT2D eigenvalue weighted by Gasteiger charge is 2.30. The molecule has 1 amide bonds. The first kappa shape index (κ1) is 16.6. The molecule has 4 rings (SSSR count). The third-order valence-electron chi connectivity index (χ3n) is 4.82. The van der Waals surface area contributed by atoms with Crippen molar-refractivity contribution < 1.29 is 4.79 Å². The molecule has 1 aliphatic rings. The van der Waals surface area contributed by atoms with Gasteiger partial charge in [0.2, 0.25) is 0 Å². The second-order valence-electron chi connectivity index (χ2n) is 6.76. The summed E-state index contributed by atoms with van der Waals surface area (Å²) in [6, 6.07) is 2.04. The number of amides is 1. The predicted molar refractivity (Wildman–Crippen MR) is 96.5 cm³/mol. The van der Waals surface area contributed by atoms with Crippen molar-refractivity contribution in [2.75, 3.05) is 6.54 Å². The average molecular weight is 353 g/mol. The summed E-state index contributed by atoms with van der Waals surface area (Å²) in [5.41, 5.74) is 3.74. The molecule has 3 aromatic rings. The predicted octanol–water partition coefficient (Wildman–Crippen LogP) is 2.27. The van der Waals surface area contributed by atoms with E-state index in [1.165, 1.54) is 5.69 Å². The first-order valence-electron chi connectivity index (χ1n) is 9.01. The molecular formula is C18H23N7O. The van der Waals surface area contributed by atoms with E-state index in [1.807, 2.05) is 11.8 Å². The normalized spacial score (nSPS) is 14.1. The zero-order chi connectivity index (χ0) is 18.3. The van der Waals surface area contributed by atoms with E-state index in [0.29, 0.717) is 25.3 Å². The molecule has 0 aliphatic carbocycles. The van der Waals surface area contributed by atoms with Crippen molar-refractivity contribution in [1.82, 2.24) is 34.4 Å². The lowest BCUT2D eigenvalue weighted by molar-refractivity contribution is 0.0720. The minimum Gasteiger partial charge on any atom is -0.343 e. The Morgan fingerprint density at radius 2 is 2.19 bits per heavy atom. The second kappa shape index (κ2) is 6.44. The van der Waals surface area contributed by atoms with Crippen LogP contribution in [0.1, 0.15) is 48.6 Å². The number of hydrogen-bond donors (Lipinski definition) is 1. The molecule has 0 saturated carbocycles. The number of aromatic nitrogens is 6. The molecule has 8 heteroatoms. The summed E-state index contributed by atoms with van der Waals surface area (Å²) < 4.78 is 3.80. The smallest absolute Gasteiger partial charge is 0.272 e. The molecule has 0 fully saturated rings. The third kappa shape index (κ3) is 2.61. The molecule has 136 valence electrons. The first-order valence-corrected chi connectivity index (χ1v) is 9.01. The van der Waals surface area contributed by atoms with Gasteiger partial charge >= 0.3 is 0 Å². The van der Waals surface area contributed by atoms with Crippen LogP contribution in [-0.4, -0.2) is 46.9 Å². The maximum Gasteiger partial charge on any atom is 0.272 e. The fraction of sp³-hybridized carbons (Fsp3) is 0.444. The van der Waals surface area contributed by atoms with E-state index in [0.717, 1.165) is 23.5 Å². The van der Waals surface area contributed by atoms with Crippen molar-refractivity contribution in [1.29, 1.82) is 0 Å². The molecule has 3 aromatic heterocycles. The number of carbonyl (C=O) groups is 1. The van der Waals surface area contributed by atoms with Crippen LogP contribution in [0.25, 0.3) is 11.5 Å². The van der Waals surface area contributed by atoms with Gasteiger partial charge in [0.15, 0.2) is 5.82 Å². The Bertz CT molecular complexity index is 920. The minimum atomic E-state index is 0.0118. The Morgan fingerprint density at radius 3 is 2.88 bits per heavy atom. The van der Waals surface area contributed by atoms with Gasteiger partial charge in [-0.3, -0.25) is 14.2 Å². The van der Waals surface area contributed by atoms with Crippen molar-refractivity contribution >= 4 is 5.91 Å². The fourth-order valence-electron chi connectivity index (χ4n) is 3.56. The molecule has 0 saturated heterocycles. The van der Waals surface area contributed by atoms with Gasteiger partial charge in [-0.2, -0.15) is 10.2 Å². The Labute approximate surface area is 151 Å². The molecule has 1 N–H and O–H groups in total. The quantitative estimate of drug-likeness (QED) is 0.780. The Balaban J connectivity index is 1.71. The summed E-state index contributed by atoms with van der Waals surface area (Å²) in [6.07, 6.45) is 5.98. The van der Waals surface area contributed by atoms with E-state index >= 15 is 0 Å². The zero-order valence-electron chi connectivity index (χ0n) is 15.3. The number of aryl methyl sites for hydroxylation is 1. The van der Waals surface area contributed by atoms with Crippen LogP contribution in [0.3, 0.4) is 0 Å². The van der Waals surface area contributed by atoms with Crippen molar-refractivity contribution in [2.45, 2.75) is 46.3 Å². The van der Waals surface area contributed by atoms with Crippen LogP contribution in [0, 0.1) is 0 Å². The standard InChI is InChI=1S/C18H23N7O/c1-4-24-15(5-7-21-24)18(26)23-10-6-14-13(11-23)16(17-19-8-9-20-17)22-25(14)12(2)3/h5,7-9,12H,4,6,10-11H2,1-3H3,(H,19,20). The molecule has 8 nitrogen and oxygen atoms in total. The van der Waals surface area contributed by atoms with Crippen molar-refractivity contribution in [3.8, 4) is 11.5 Å². The highest BCUT2D eigenvalue weighted by atomic mass is 16.2. The molecular weight excluding hydrogens is 330 g/mol. The highest BCUT2D eigenvalue weighted by molar-refractivity contribution is 5.92. The van der Waals surface area contributed by atoms with Crippen LogP contribution in [0.5, 0.6) is 0 Å². The van der Waals surface area contributed by atoms with Gasteiger partial charge in [-0.15, -0.1) is 0 Å². The van der Waals surface area contributed by atoms with Gasteiger partial charge in [0, 0.05) is 55.4 Å². The monoisotopic (exact) mass is 353 g/mol. The summed E-state index contributed by atoms with van der Waals surface area (Å²) in [6.45, 7) is 8.12. The van der Waals surface area contributed by atoms with Crippen LogP contribution in [0.2, 0.25) is 0 Å².